The summed E-state index contributed by atoms with van der Waals surface area (Å²) in [5.74, 6) is -0.899. The zero-order valence-corrected chi connectivity index (χ0v) is 7.85. The molecule has 0 unspecified atom stereocenters. The summed E-state index contributed by atoms with van der Waals surface area (Å²) in [6.07, 6.45) is 1.27. The molecule has 4 nitrogen and oxygen atoms in total. The van der Waals surface area contributed by atoms with Crippen molar-refractivity contribution in [2.45, 2.75) is 6.92 Å². The lowest BCUT2D eigenvalue weighted by atomic mass is 10.3. The fraction of sp³-hybridized carbons (Fsp3) is 0.250. The molecule has 70 valence electrons. The Morgan fingerprint density at radius 2 is 2.46 bits per heavy atom. The van der Waals surface area contributed by atoms with Gasteiger partial charge in [0.25, 0.3) is 5.91 Å². The highest BCUT2D eigenvalue weighted by Gasteiger charge is 2.13. The maximum Gasteiger partial charge on any atom is 0.290 e. The maximum atomic E-state index is 11.2. The van der Waals surface area contributed by atoms with Crippen LogP contribution in [0.5, 0.6) is 5.75 Å². The van der Waals surface area contributed by atoms with E-state index in [2.05, 4.69) is 5.32 Å². The van der Waals surface area contributed by atoms with Crippen LogP contribution in [0.2, 0.25) is 0 Å². The summed E-state index contributed by atoms with van der Waals surface area (Å²) in [6.45, 7) is 2.24. The zero-order chi connectivity index (χ0) is 9.84. The van der Waals surface area contributed by atoms with Crippen LogP contribution in [0.15, 0.2) is 16.7 Å². The van der Waals surface area contributed by atoms with Crippen LogP contribution >= 0.6 is 12.2 Å². The van der Waals surface area contributed by atoms with Crippen LogP contribution in [0.1, 0.15) is 17.5 Å². The van der Waals surface area contributed by atoms with Crippen LogP contribution in [0.3, 0.4) is 0 Å². The number of carbonyl (C=O) groups is 1. The van der Waals surface area contributed by atoms with Gasteiger partial charge in [-0.3, -0.25) is 4.79 Å². The van der Waals surface area contributed by atoms with Crippen LogP contribution in [-0.4, -0.2) is 17.6 Å². The number of carbonyl (C=O) groups excluding carboxylic acids is 1. The molecule has 0 bridgehead atoms. The predicted octanol–water partition coefficient (Wildman–Crippen LogP) is 1.46. The van der Waals surface area contributed by atoms with Crippen molar-refractivity contribution in [1.82, 2.24) is 5.32 Å². The van der Waals surface area contributed by atoms with Gasteiger partial charge in [-0.2, -0.15) is 0 Å². The minimum Gasteiger partial charge on any atom is -0.503 e. The normalized spacial score (nSPS) is 9.62. The van der Waals surface area contributed by atoms with Crippen molar-refractivity contribution in [2.75, 3.05) is 6.54 Å². The van der Waals surface area contributed by atoms with E-state index in [0.717, 1.165) is 0 Å². The van der Waals surface area contributed by atoms with Crippen LogP contribution in [-0.2, 0) is 0 Å². The van der Waals surface area contributed by atoms with Crippen molar-refractivity contribution in [3.8, 4) is 5.75 Å². The van der Waals surface area contributed by atoms with E-state index in [1.165, 1.54) is 12.3 Å². The Balaban J connectivity index is 3.08. The second-order valence-electron chi connectivity index (χ2n) is 2.32. The molecule has 1 aromatic heterocycles. The van der Waals surface area contributed by atoms with Crippen LogP contribution < -0.4 is 5.32 Å². The Hall–Kier alpha value is -1.36. The lowest BCUT2D eigenvalue weighted by molar-refractivity contribution is 0.0921. The average Bonchev–Trinajstić information content (AvgIpc) is 2.10. The molecule has 0 spiro atoms. The zero-order valence-electron chi connectivity index (χ0n) is 7.03. The fourth-order valence-corrected chi connectivity index (χ4v) is 0.961. The van der Waals surface area contributed by atoms with Gasteiger partial charge in [0.15, 0.2) is 5.75 Å². The Labute approximate surface area is 80.2 Å². The first-order valence-corrected chi connectivity index (χ1v) is 4.16. The van der Waals surface area contributed by atoms with Gasteiger partial charge in [0.05, 0.1) is 10.8 Å². The van der Waals surface area contributed by atoms with Crippen molar-refractivity contribution in [2.24, 2.45) is 0 Å². The van der Waals surface area contributed by atoms with Gasteiger partial charge in [0, 0.05) is 6.54 Å². The van der Waals surface area contributed by atoms with Gasteiger partial charge in [-0.15, -0.1) is 0 Å². The van der Waals surface area contributed by atoms with E-state index in [1.807, 2.05) is 0 Å². The Morgan fingerprint density at radius 1 is 1.77 bits per heavy atom. The number of aromatic hydroxyl groups is 1. The monoisotopic (exact) mass is 199 g/mol. The lowest BCUT2D eigenvalue weighted by Crippen LogP contribution is -2.22. The summed E-state index contributed by atoms with van der Waals surface area (Å²) in [5, 5.41) is 11.8. The largest absolute Gasteiger partial charge is 0.503 e. The van der Waals surface area contributed by atoms with E-state index in [4.69, 9.17) is 16.6 Å². The first-order chi connectivity index (χ1) is 6.16. The van der Waals surface area contributed by atoms with Crippen LogP contribution in [0, 0.1) is 4.51 Å². The molecular formula is C8H9NO3S. The van der Waals surface area contributed by atoms with Crippen molar-refractivity contribution < 1.29 is 14.3 Å². The van der Waals surface area contributed by atoms with E-state index >= 15 is 0 Å². The van der Waals surface area contributed by atoms with Gasteiger partial charge < -0.3 is 14.8 Å². The first kappa shape index (κ1) is 9.73. The van der Waals surface area contributed by atoms with Gasteiger partial charge in [0.1, 0.15) is 0 Å². The highest BCUT2D eigenvalue weighted by Crippen LogP contribution is 2.17. The second kappa shape index (κ2) is 4.04. The lowest BCUT2D eigenvalue weighted by Gasteiger charge is -2.02. The summed E-state index contributed by atoms with van der Waals surface area (Å²) >= 11 is 4.75. The van der Waals surface area contributed by atoms with Crippen molar-refractivity contribution in [1.29, 1.82) is 0 Å². The summed E-state index contributed by atoms with van der Waals surface area (Å²) in [5.41, 5.74) is 0. The van der Waals surface area contributed by atoms with E-state index in [-0.39, 0.29) is 16.0 Å². The third-order valence-corrected chi connectivity index (χ3v) is 1.73. The average molecular weight is 199 g/mol. The molecule has 5 heteroatoms. The summed E-state index contributed by atoms with van der Waals surface area (Å²) in [4.78, 5) is 11.2. The fourth-order valence-electron chi connectivity index (χ4n) is 0.812. The topological polar surface area (TPSA) is 62.5 Å². The first-order valence-electron chi connectivity index (χ1n) is 3.75. The third kappa shape index (κ3) is 2.06. The maximum absolute atomic E-state index is 11.2. The van der Waals surface area contributed by atoms with E-state index in [0.29, 0.717) is 6.54 Å². The Bertz CT molecular complexity index is 372. The molecule has 0 atom stereocenters. The summed E-state index contributed by atoms with van der Waals surface area (Å²) in [7, 11) is 0. The van der Waals surface area contributed by atoms with E-state index in [1.54, 1.807) is 6.92 Å². The number of hydrogen-bond acceptors (Lipinski definition) is 4. The Kier molecular flexibility index (Phi) is 3.02. The number of nitrogens with one attached hydrogen (secondary N) is 1. The van der Waals surface area contributed by atoms with Gasteiger partial charge in [-0.05, 0) is 13.0 Å². The molecule has 0 saturated heterocycles. The van der Waals surface area contributed by atoms with Crippen molar-refractivity contribution in [3.63, 3.8) is 0 Å². The molecule has 0 aliphatic carbocycles. The van der Waals surface area contributed by atoms with Crippen molar-refractivity contribution in [3.05, 3.63) is 22.6 Å². The number of hydrogen-bond donors (Lipinski definition) is 2. The molecule has 13 heavy (non-hydrogen) atoms. The molecule has 0 aliphatic rings. The minimum absolute atomic E-state index is 0.144. The standard InChI is InChI=1S/C8H9NO3S/c1-2-9-8(11)7-6(10)5(13)3-4-12-7/h3-4,10H,2H2,1H3,(H,9,11). The molecular weight excluding hydrogens is 190 g/mol. The molecule has 1 amide bonds. The molecule has 0 aliphatic heterocycles. The van der Waals surface area contributed by atoms with Crippen molar-refractivity contribution >= 4 is 18.1 Å². The van der Waals surface area contributed by atoms with E-state index in [9.17, 15) is 9.90 Å². The Morgan fingerprint density at radius 3 is 3.08 bits per heavy atom. The SMILES string of the molecule is CCNC(=O)c1occc(=S)c1O. The summed E-state index contributed by atoms with van der Waals surface area (Å²) < 4.78 is 5.03. The smallest absolute Gasteiger partial charge is 0.290 e. The number of amides is 1. The van der Waals surface area contributed by atoms with Gasteiger partial charge in [-0.25, -0.2) is 0 Å². The molecule has 0 radical (unpaired) electrons. The molecule has 0 fully saturated rings. The van der Waals surface area contributed by atoms with Crippen LogP contribution in [0.4, 0.5) is 0 Å². The van der Waals surface area contributed by atoms with E-state index < -0.39 is 5.91 Å². The van der Waals surface area contributed by atoms with Gasteiger partial charge >= 0.3 is 0 Å². The molecule has 1 heterocycles. The van der Waals surface area contributed by atoms with Gasteiger partial charge in [0.2, 0.25) is 5.76 Å². The molecule has 1 aromatic rings. The minimum atomic E-state index is -0.466. The second-order valence-corrected chi connectivity index (χ2v) is 2.76. The third-order valence-electron chi connectivity index (χ3n) is 1.40. The quantitative estimate of drug-likeness (QED) is 0.708. The van der Waals surface area contributed by atoms with Gasteiger partial charge in [-0.1, -0.05) is 12.2 Å². The highest BCUT2D eigenvalue weighted by atomic mass is 32.1. The number of rotatable bonds is 2. The molecule has 2 N–H and O–H groups in total. The highest BCUT2D eigenvalue weighted by molar-refractivity contribution is 7.71. The molecule has 1 rings (SSSR count). The summed E-state index contributed by atoms with van der Waals surface area (Å²) in [6, 6.07) is 1.41. The van der Waals surface area contributed by atoms with Crippen LogP contribution in [0.25, 0.3) is 0 Å². The predicted molar refractivity (Wildman–Crippen MR) is 49.2 cm³/mol. The molecule has 0 aromatic carbocycles. The molecule has 0 saturated carbocycles.